The van der Waals surface area contributed by atoms with Crippen molar-refractivity contribution >= 4 is 23.1 Å². The number of para-hydroxylation sites is 1. The van der Waals surface area contributed by atoms with Gasteiger partial charge in [0.15, 0.2) is 11.5 Å². The molecule has 0 aliphatic rings. The second kappa shape index (κ2) is 8.15. The van der Waals surface area contributed by atoms with Gasteiger partial charge in [-0.3, -0.25) is 0 Å². The van der Waals surface area contributed by atoms with Gasteiger partial charge in [-0.1, -0.05) is 18.2 Å². The van der Waals surface area contributed by atoms with Crippen molar-refractivity contribution in [2.45, 2.75) is 0 Å². The summed E-state index contributed by atoms with van der Waals surface area (Å²) in [5, 5.41) is 1.23. The first-order valence-electron chi connectivity index (χ1n) is 7.51. The molecular formula is C20H20INO2. The summed E-state index contributed by atoms with van der Waals surface area (Å²) in [6.45, 7) is 0. The molecule has 0 aliphatic heterocycles. The van der Waals surface area contributed by atoms with Crippen LogP contribution >= 0.6 is 0 Å². The van der Waals surface area contributed by atoms with E-state index in [0.29, 0.717) is 0 Å². The summed E-state index contributed by atoms with van der Waals surface area (Å²) in [6.07, 6.45) is 4.18. The van der Waals surface area contributed by atoms with E-state index in [-0.39, 0.29) is 24.0 Å². The number of aryl methyl sites for hydroxylation is 1. The molecule has 0 fully saturated rings. The van der Waals surface area contributed by atoms with Crippen LogP contribution in [-0.2, 0) is 7.05 Å². The molecule has 2 aromatic carbocycles. The summed E-state index contributed by atoms with van der Waals surface area (Å²) in [5.41, 5.74) is 3.41. The Morgan fingerprint density at radius 2 is 1.58 bits per heavy atom. The van der Waals surface area contributed by atoms with Gasteiger partial charge in [-0.15, -0.1) is 0 Å². The molecule has 0 N–H and O–H groups in total. The summed E-state index contributed by atoms with van der Waals surface area (Å²) < 4.78 is 12.8. The van der Waals surface area contributed by atoms with Gasteiger partial charge >= 0.3 is 0 Å². The van der Waals surface area contributed by atoms with Crippen LogP contribution in [0.5, 0.6) is 11.5 Å². The third-order valence-corrected chi connectivity index (χ3v) is 3.97. The molecule has 4 heteroatoms. The number of methoxy groups -OCH3 is 2. The number of fused-ring (bicyclic) bond motifs is 1. The number of pyridine rings is 1. The van der Waals surface area contributed by atoms with Gasteiger partial charge in [0.2, 0.25) is 11.2 Å². The first-order chi connectivity index (χ1) is 11.2. The maximum atomic E-state index is 5.35. The molecule has 0 amide bonds. The van der Waals surface area contributed by atoms with E-state index < -0.39 is 0 Å². The van der Waals surface area contributed by atoms with E-state index in [9.17, 15) is 0 Å². The highest BCUT2D eigenvalue weighted by Gasteiger charge is 2.08. The van der Waals surface area contributed by atoms with Crippen molar-refractivity contribution in [1.82, 2.24) is 0 Å². The minimum atomic E-state index is 0. The highest BCUT2D eigenvalue weighted by molar-refractivity contribution is 5.77. The third-order valence-electron chi connectivity index (χ3n) is 3.97. The normalized spacial score (nSPS) is 10.6. The minimum absolute atomic E-state index is 0. The Labute approximate surface area is 159 Å². The van der Waals surface area contributed by atoms with Crippen molar-refractivity contribution in [2.24, 2.45) is 7.05 Å². The summed E-state index contributed by atoms with van der Waals surface area (Å²) in [7, 11) is 5.37. The van der Waals surface area contributed by atoms with Crippen molar-refractivity contribution in [3.63, 3.8) is 0 Å². The van der Waals surface area contributed by atoms with E-state index >= 15 is 0 Å². The minimum Gasteiger partial charge on any atom is -1.00 e. The fourth-order valence-corrected chi connectivity index (χ4v) is 2.67. The average Bonchev–Trinajstić information content (AvgIpc) is 2.61. The topological polar surface area (TPSA) is 22.3 Å². The van der Waals surface area contributed by atoms with Crippen LogP contribution in [0, 0.1) is 0 Å². The lowest BCUT2D eigenvalue weighted by molar-refractivity contribution is -0.646. The zero-order valence-electron chi connectivity index (χ0n) is 14.0. The molecule has 3 rings (SSSR count). The highest BCUT2D eigenvalue weighted by Crippen LogP contribution is 2.28. The first-order valence-corrected chi connectivity index (χ1v) is 7.51. The fraction of sp³-hybridized carbons (Fsp3) is 0.150. The van der Waals surface area contributed by atoms with Gasteiger partial charge in [0.25, 0.3) is 0 Å². The molecule has 0 saturated carbocycles. The Hall–Kier alpha value is -2.08. The van der Waals surface area contributed by atoms with Crippen LogP contribution in [0.1, 0.15) is 11.3 Å². The van der Waals surface area contributed by atoms with E-state index in [1.54, 1.807) is 14.2 Å². The van der Waals surface area contributed by atoms with Crippen LogP contribution < -0.4 is 38.0 Å². The van der Waals surface area contributed by atoms with Crippen LogP contribution in [-0.4, -0.2) is 14.2 Å². The summed E-state index contributed by atoms with van der Waals surface area (Å²) >= 11 is 0. The number of aromatic nitrogens is 1. The molecule has 124 valence electrons. The van der Waals surface area contributed by atoms with Crippen molar-refractivity contribution in [1.29, 1.82) is 0 Å². The van der Waals surface area contributed by atoms with Crippen molar-refractivity contribution in [3.8, 4) is 11.5 Å². The van der Waals surface area contributed by atoms with Gasteiger partial charge in [0.1, 0.15) is 7.05 Å². The molecule has 1 aromatic heterocycles. The predicted octanol–water partition coefficient (Wildman–Crippen LogP) is 0.856. The number of benzene rings is 2. The molecule has 1 heterocycles. The van der Waals surface area contributed by atoms with Crippen molar-refractivity contribution in [2.75, 3.05) is 14.2 Å². The van der Waals surface area contributed by atoms with Crippen LogP contribution in [0.2, 0.25) is 0 Å². The molecular weight excluding hydrogens is 413 g/mol. The molecule has 0 atom stereocenters. The van der Waals surface area contributed by atoms with E-state index in [2.05, 4.69) is 60.2 Å². The molecule has 0 saturated heterocycles. The molecule has 3 aromatic rings. The molecule has 0 bridgehead atoms. The maximum absolute atomic E-state index is 5.35. The van der Waals surface area contributed by atoms with Crippen LogP contribution in [0.4, 0.5) is 0 Å². The summed E-state index contributed by atoms with van der Waals surface area (Å²) in [6, 6.07) is 18.5. The second-order valence-electron chi connectivity index (χ2n) is 5.32. The fourth-order valence-electron chi connectivity index (χ4n) is 2.67. The van der Waals surface area contributed by atoms with Gasteiger partial charge in [0.05, 0.1) is 14.2 Å². The number of rotatable bonds is 4. The van der Waals surface area contributed by atoms with Gasteiger partial charge in [-0.05, 0) is 35.9 Å². The Balaban J connectivity index is 0.00000208. The summed E-state index contributed by atoms with van der Waals surface area (Å²) in [5.74, 6) is 1.47. The standard InChI is InChI=1S/C20H20NO2.HI/c1-21-17(12-10-16-6-4-5-7-18(16)21)11-8-15-9-13-19(22-2)20(14-15)23-3;/h4-14H,1-3H3;1H/q+1;/p-1/b11-8+;. The Bertz CT molecular complexity index is 875. The van der Waals surface area contributed by atoms with Crippen LogP contribution in [0.3, 0.4) is 0 Å². The molecule has 3 nitrogen and oxygen atoms in total. The lowest BCUT2D eigenvalue weighted by atomic mass is 10.1. The van der Waals surface area contributed by atoms with Gasteiger partial charge < -0.3 is 33.5 Å². The van der Waals surface area contributed by atoms with Crippen molar-refractivity contribution < 1.29 is 38.0 Å². The summed E-state index contributed by atoms with van der Waals surface area (Å²) in [4.78, 5) is 0. The van der Waals surface area contributed by atoms with Gasteiger partial charge in [-0.2, -0.15) is 4.57 Å². The van der Waals surface area contributed by atoms with E-state index in [0.717, 1.165) is 22.8 Å². The monoisotopic (exact) mass is 433 g/mol. The van der Waals surface area contributed by atoms with Gasteiger partial charge in [0, 0.05) is 23.6 Å². The lowest BCUT2D eigenvalue weighted by Gasteiger charge is -2.07. The molecule has 0 aliphatic carbocycles. The van der Waals surface area contributed by atoms with E-state index in [4.69, 9.17) is 9.47 Å². The van der Waals surface area contributed by atoms with E-state index in [1.807, 2.05) is 18.2 Å². The lowest BCUT2D eigenvalue weighted by Crippen LogP contribution is -3.00. The molecule has 0 unspecified atom stereocenters. The number of ether oxygens (including phenoxy) is 2. The molecule has 0 spiro atoms. The first kappa shape index (κ1) is 18.3. The number of halogens is 1. The number of hydrogen-bond donors (Lipinski definition) is 0. The Morgan fingerprint density at radius 3 is 2.33 bits per heavy atom. The van der Waals surface area contributed by atoms with Crippen LogP contribution in [0.25, 0.3) is 23.1 Å². The smallest absolute Gasteiger partial charge is 0.212 e. The largest absolute Gasteiger partial charge is 1.00 e. The average molecular weight is 433 g/mol. The van der Waals surface area contributed by atoms with E-state index in [1.165, 1.54) is 10.9 Å². The number of hydrogen-bond acceptors (Lipinski definition) is 2. The SMILES string of the molecule is COc1ccc(/C=C/c2ccc3ccccc3[n+]2C)cc1OC.[I-]. The number of nitrogens with zero attached hydrogens (tertiary/aromatic N) is 1. The predicted molar refractivity (Wildman–Crippen MR) is 93.6 cm³/mol. The van der Waals surface area contributed by atoms with Crippen molar-refractivity contribution in [3.05, 3.63) is 65.9 Å². The zero-order chi connectivity index (χ0) is 16.2. The second-order valence-corrected chi connectivity index (χ2v) is 5.32. The third kappa shape index (κ3) is 3.70. The van der Waals surface area contributed by atoms with Crippen LogP contribution in [0.15, 0.2) is 54.6 Å². The Kier molecular flexibility index (Phi) is 6.20. The molecule has 0 radical (unpaired) electrons. The quantitative estimate of drug-likeness (QED) is 0.450. The maximum Gasteiger partial charge on any atom is 0.212 e. The molecule has 24 heavy (non-hydrogen) atoms. The van der Waals surface area contributed by atoms with Gasteiger partial charge in [-0.25, -0.2) is 0 Å². The Morgan fingerprint density at radius 1 is 0.833 bits per heavy atom. The highest BCUT2D eigenvalue weighted by atomic mass is 127. The zero-order valence-corrected chi connectivity index (χ0v) is 16.2.